The molecule has 1 saturated heterocycles. The molecule has 0 N–H and O–H groups in total. The molecule has 1 aliphatic rings. The number of hydrogen-bond donors (Lipinski definition) is 0. The molecular weight excluding hydrogens is 306 g/mol. The molecule has 1 fully saturated rings. The number of benzene rings is 1. The molecule has 100 valence electrons. The molecule has 0 aliphatic carbocycles. The summed E-state index contributed by atoms with van der Waals surface area (Å²) < 4.78 is 1.16. The Morgan fingerprint density at radius 2 is 1.89 bits per heavy atom. The molecule has 1 aliphatic heterocycles. The van der Waals surface area contributed by atoms with Gasteiger partial charge in [-0.3, -0.25) is 4.90 Å². The summed E-state index contributed by atoms with van der Waals surface area (Å²) in [4.78, 5) is 4.01. The second-order valence-electron chi connectivity index (χ2n) is 5.95. The summed E-state index contributed by atoms with van der Waals surface area (Å²) in [6, 6.07) is 8.69. The number of hydrogen-bond acceptors (Lipinski definition) is 2. The first-order valence-electron chi connectivity index (χ1n) is 6.62. The number of halogens is 1. The highest BCUT2D eigenvalue weighted by molar-refractivity contribution is 9.10. The van der Waals surface area contributed by atoms with Crippen LogP contribution < -0.4 is 0 Å². The summed E-state index contributed by atoms with van der Waals surface area (Å²) in [6.45, 7) is 9.42. The lowest BCUT2D eigenvalue weighted by Gasteiger charge is -2.41. The third-order valence-electron chi connectivity index (χ3n) is 3.44. The lowest BCUT2D eigenvalue weighted by Crippen LogP contribution is -2.48. The molecule has 0 radical (unpaired) electrons. The largest absolute Gasteiger partial charge is 0.297 e. The summed E-state index contributed by atoms with van der Waals surface area (Å²) in [7, 11) is 0. The Labute approximate surface area is 123 Å². The summed E-state index contributed by atoms with van der Waals surface area (Å²) in [5, 5.41) is 0.735. The molecule has 0 amide bonds. The Bertz CT molecular complexity index is 382. The summed E-state index contributed by atoms with van der Waals surface area (Å²) >= 11 is 5.52. The van der Waals surface area contributed by atoms with Gasteiger partial charge in [-0.25, -0.2) is 0 Å². The fraction of sp³-hybridized carbons (Fsp3) is 0.600. The van der Waals surface area contributed by atoms with Gasteiger partial charge in [0, 0.05) is 26.7 Å². The van der Waals surface area contributed by atoms with Crippen LogP contribution >= 0.6 is 27.7 Å². The number of nitrogens with zero attached hydrogens (tertiary/aromatic N) is 1. The van der Waals surface area contributed by atoms with Crippen LogP contribution in [-0.4, -0.2) is 28.8 Å². The SMILES string of the molecule is CC(C)(C)N1CCCC(Sc2ccc(Br)cc2)C1. The van der Waals surface area contributed by atoms with Crippen molar-refractivity contribution < 1.29 is 0 Å². The molecule has 18 heavy (non-hydrogen) atoms. The van der Waals surface area contributed by atoms with Crippen molar-refractivity contribution in [1.82, 2.24) is 4.90 Å². The van der Waals surface area contributed by atoms with Gasteiger partial charge < -0.3 is 0 Å². The van der Waals surface area contributed by atoms with Crippen LogP contribution in [0, 0.1) is 0 Å². The van der Waals surface area contributed by atoms with Crippen LogP contribution in [0.25, 0.3) is 0 Å². The molecule has 1 atom stereocenters. The zero-order valence-electron chi connectivity index (χ0n) is 11.4. The van der Waals surface area contributed by atoms with Crippen molar-refractivity contribution in [1.29, 1.82) is 0 Å². The molecule has 2 rings (SSSR count). The van der Waals surface area contributed by atoms with E-state index in [1.807, 2.05) is 11.8 Å². The van der Waals surface area contributed by atoms with E-state index in [1.165, 1.54) is 30.8 Å². The summed E-state index contributed by atoms with van der Waals surface area (Å²) in [5.41, 5.74) is 0.305. The highest BCUT2D eigenvalue weighted by atomic mass is 79.9. The normalized spacial score (nSPS) is 22.1. The molecule has 1 unspecified atom stereocenters. The summed E-state index contributed by atoms with van der Waals surface area (Å²) in [6.07, 6.45) is 2.67. The van der Waals surface area contributed by atoms with E-state index in [-0.39, 0.29) is 0 Å². The average Bonchev–Trinajstić information content (AvgIpc) is 2.31. The van der Waals surface area contributed by atoms with Crippen LogP contribution in [0.4, 0.5) is 0 Å². The van der Waals surface area contributed by atoms with E-state index in [1.54, 1.807) is 0 Å². The number of likely N-dealkylation sites (tertiary alicyclic amines) is 1. The van der Waals surface area contributed by atoms with Gasteiger partial charge in [0.2, 0.25) is 0 Å². The van der Waals surface area contributed by atoms with E-state index in [0.717, 1.165) is 9.72 Å². The first-order chi connectivity index (χ1) is 8.45. The molecule has 1 nitrogen and oxygen atoms in total. The van der Waals surface area contributed by atoms with Gasteiger partial charge in [0.05, 0.1) is 0 Å². The van der Waals surface area contributed by atoms with Crippen molar-refractivity contribution in [2.75, 3.05) is 13.1 Å². The molecule has 1 aromatic carbocycles. The number of rotatable bonds is 2. The van der Waals surface area contributed by atoms with Gasteiger partial charge in [0.1, 0.15) is 0 Å². The zero-order chi connectivity index (χ0) is 13.2. The molecule has 3 heteroatoms. The third kappa shape index (κ3) is 4.01. The molecule has 1 aromatic rings. The Balaban J connectivity index is 1.95. The topological polar surface area (TPSA) is 3.24 Å². The minimum atomic E-state index is 0.305. The van der Waals surface area contributed by atoms with Gasteiger partial charge in [-0.15, -0.1) is 11.8 Å². The molecule has 0 bridgehead atoms. The summed E-state index contributed by atoms with van der Waals surface area (Å²) in [5.74, 6) is 0. The Hall–Kier alpha value is 0.01000. The molecular formula is C15H22BrNS. The fourth-order valence-corrected chi connectivity index (χ4v) is 3.83. The van der Waals surface area contributed by atoms with Crippen LogP contribution in [-0.2, 0) is 0 Å². The van der Waals surface area contributed by atoms with Crippen LogP contribution in [0.1, 0.15) is 33.6 Å². The maximum atomic E-state index is 3.49. The lowest BCUT2D eigenvalue weighted by atomic mass is 10.0. The van der Waals surface area contributed by atoms with E-state index < -0.39 is 0 Å². The first-order valence-corrected chi connectivity index (χ1v) is 8.30. The minimum absolute atomic E-state index is 0.305. The monoisotopic (exact) mass is 327 g/mol. The van der Waals surface area contributed by atoms with Crippen LogP contribution in [0.15, 0.2) is 33.6 Å². The molecule has 0 aromatic heterocycles. The van der Waals surface area contributed by atoms with Crippen LogP contribution in [0.2, 0.25) is 0 Å². The van der Waals surface area contributed by atoms with E-state index in [9.17, 15) is 0 Å². The van der Waals surface area contributed by atoms with E-state index in [0.29, 0.717) is 5.54 Å². The predicted octanol–water partition coefficient (Wildman–Crippen LogP) is 4.80. The van der Waals surface area contributed by atoms with Gasteiger partial charge in [-0.2, -0.15) is 0 Å². The smallest absolute Gasteiger partial charge is 0.0222 e. The van der Waals surface area contributed by atoms with E-state index >= 15 is 0 Å². The highest BCUT2D eigenvalue weighted by Crippen LogP contribution is 2.32. The Morgan fingerprint density at radius 3 is 2.50 bits per heavy atom. The van der Waals surface area contributed by atoms with E-state index in [4.69, 9.17) is 0 Å². The average molecular weight is 328 g/mol. The van der Waals surface area contributed by atoms with Crippen molar-refractivity contribution in [2.24, 2.45) is 0 Å². The van der Waals surface area contributed by atoms with Crippen LogP contribution in [0.5, 0.6) is 0 Å². The van der Waals surface area contributed by atoms with Gasteiger partial charge in [-0.05, 0) is 64.4 Å². The first kappa shape index (κ1) is 14.4. The van der Waals surface area contributed by atoms with Gasteiger partial charge in [0.15, 0.2) is 0 Å². The van der Waals surface area contributed by atoms with Gasteiger partial charge in [0.25, 0.3) is 0 Å². The van der Waals surface area contributed by atoms with Crippen molar-refractivity contribution in [3.05, 3.63) is 28.7 Å². The standard InChI is InChI=1S/C15H22BrNS/c1-15(2,3)17-10-4-5-14(11-17)18-13-8-6-12(16)7-9-13/h6-9,14H,4-5,10-11H2,1-3H3. The van der Waals surface area contributed by atoms with Crippen LogP contribution in [0.3, 0.4) is 0 Å². The van der Waals surface area contributed by atoms with Gasteiger partial charge in [-0.1, -0.05) is 15.9 Å². The van der Waals surface area contributed by atoms with Crippen molar-refractivity contribution in [3.8, 4) is 0 Å². The Morgan fingerprint density at radius 1 is 1.22 bits per heavy atom. The lowest BCUT2D eigenvalue weighted by molar-refractivity contribution is 0.114. The maximum absolute atomic E-state index is 3.49. The number of thioether (sulfide) groups is 1. The quantitative estimate of drug-likeness (QED) is 0.767. The van der Waals surface area contributed by atoms with Crippen molar-refractivity contribution >= 4 is 27.7 Å². The fourth-order valence-electron chi connectivity index (χ4n) is 2.35. The Kier molecular flexibility index (Phi) is 4.79. The second kappa shape index (κ2) is 5.98. The second-order valence-corrected chi connectivity index (χ2v) is 8.24. The molecule has 0 saturated carbocycles. The zero-order valence-corrected chi connectivity index (χ0v) is 13.9. The highest BCUT2D eigenvalue weighted by Gasteiger charge is 2.28. The number of piperidine rings is 1. The van der Waals surface area contributed by atoms with Crippen molar-refractivity contribution in [3.63, 3.8) is 0 Å². The third-order valence-corrected chi connectivity index (χ3v) is 5.23. The van der Waals surface area contributed by atoms with Gasteiger partial charge >= 0.3 is 0 Å². The predicted molar refractivity (Wildman–Crippen MR) is 84.3 cm³/mol. The minimum Gasteiger partial charge on any atom is -0.297 e. The maximum Gasteiger partial charge on any atom is 0.0222 e. The molecule has 0 spiro atoms. The van der Waals surface area contributed by atoms with Crippen molar-refractivity contribution in [2.45, 2.75) is 49.3 Å². The molecule has 1 heterocycles. The van der Waals surface area contributed by atoms with E-state index in [2.05, 4.69) is 65.9 Å².